The second-order valence-corrected chi connectivity index (χ2v) is 8.76. The molecule has 0 aliphatic carbocycles. The molecular weight excluding hydrogens is 404 g/mol. The lowest BCUT2D eigenvalue weighted by Gasteiger charge is -2.08. The number of nitrogens with zero attached hydrogens (tertiary/aromatic N) is 2. The Balaban J connectivity index is 1.43. The van der Waals surface area contributed by atoms with Crippen molar-refractivity contribution < 1.29 is 9.59 Å². The van der Waals surface area contributed by atoms with Crippen molar-refractivity contribution in [2.45, 2.75) is 31.0 Å². The van der Waals surface area contributed by atoms with Crippen LogP contribution in [-0.4, -0.2) is 27.8 Å². The summed E-state index contributed by atoms with van der Waals surface area (Å²) in [5.74, 6) is 0.0175. The number of carbonyl (C=O) groups is 2. The number of aryl methyl sites for hydroxylation is 3. The van der Waals surface area contributed by atoms with Crippen LogP contribution in [0.1, 0.15) is 23.1 Å². The van der Waals surface area contributed by atoms with E-state index in [4.69, 9.17) is 0 Å². The fourth-order valence-electron chi connectivity index (χ4n) is 2.67. The molecule has 2 N–H and O–H groups in total. The molecule has 0 fully saturated rings. The van der Waals surface area contributed by atoms with Crippen molar-refractivity contribution in [1.29, 1.82) is 0 Å². The summed E-state index contributed by atoms with van der Waals surface area (Å²) in [4.78, 5) is 24.3. The van der Waals surface area contributed by atoms with E-state index < -0.39 is 0 Å². The zero-order valence-electron chi connectivity index (χ0n) is 16.3. The maximum Gasteiger partial charge on any atom is 0.234 e. The smallest absolute Gasteiger partial charge is 0.234 e. The maximum atomic E-state index is 12.2. The Morgan fingerprint density at radius 2 is 1.79 bits per heavy atom. The monoisotopic (exact) mass is 426 g/mol. The number of thioether (sulfide) groups is 1. The summed E-state index contributed by atoms with van der Waals surface area (Å²) in [7, 11) is 0. The van der Waals surface area contributed by atoms with Gasteiger partial charge in [-0.3, -0.25) is 9.59 Å². The Bertz CT molecular complexity index is 989. The van der Waals surface area contributed by atoms with Crippen LogP contribution in [0.5, 0.6) is 0 Å². The predicted octanol–water partition coefficient (Wildman–Crippen LogP) is 4.46. The third-order valence-corrected chi connectivity index (χ3v) is 6.09. The molecule has 0 saturated carbocycles. The highest BCUT2D eigenvalue weighted by Gasteiger charge is 2.11. The van der Waals surface area contributed by atoms with Crippen molar-refractivity contribution in [2.75, 3.05) is 16.4 Å². The SMILES string of the molecule is Cc1ccc(NC(=O)CSc2nnc(NC(=O)CCc3ccccc3)s2)c(C)c1. The summed E-state index contributed by atoms with van der Waals surface area (Å²) in [6.07, 6.45) is 1.05. The second kappa shape index (κ2) is 10.2. The lowest BCUT2D eigenvalue weighted by molar-refractivity contribution is -0.116. The zero-order valence-corrected chi connectivity index (χ0v) is 17.9. The van der Waals surface area contributed by atoms with Gasteiger partial charge in [-0.1, -0.05) is 71.1 Å². The molecule has 2 aromatic carbocycles. The van der Waals surface area contributed by atoms with E-state index in [9.17, 15) is 9.59 Å². The van der Waals surface area contributed by atoms with Crippen LogP contribution < -0.4 is 10.6 Å². The van der Waals surface area contributed by atoms with Gasteiger partial charge in [-0.15, -0.1) is 10.2 Å². The Morgan fingerprint density at radius 1 is 1.00 bits per heavy atom. The average Bonchev–Trinajstić information content (AvgIpc) is 3.15. The number of nitrogens with one attached hydrogen (secondary N) is 2. The summed E-state index contributed by atoms with van der Waals surface area (Å²) in [6.45, 7) is 3.98. The van der Waals surface area contributed by atoms with Crippen molar-refractivity contribution in [3.8, 4) is 0 Å². The lowest BCUT2D eigenvalue weighted by Crippen LogP contribution is -2.14. The minimum absolute atomic E-state index is 0.103. The molecule has 0 spiro atoms. The van der Waals surface area contributed by atoms with Gasteiger partial charge < -0.3 is 10.6 Å². The molecule has 3 rings (SSSR count). The third kappa shape index (κ3) is 6.69. The normalized spacial score (nSPS) is 10.6. The predicted molar refractivity (Wildman–Crippen MR) is 119 cm³/mol. The summed E-state index contributed by atoms with van der Waals surface area (Å²) in [5, 5.41) is 14.1. The Labute approximate surface area is 178 Å². The molecule has 29 heavy (non-hydrogen) atoms. The fourth-order valence-corrected chi connectivity index (χ4v) is 4.24. The van der Waals surface area contributed by atoms with Crippen LogP contribution in [0, 0.1) is 13.8 Å². The first-order valence-electron chi connectivity index (χ1n) is 9.17. The molecule has 0 radical (unpaired) electrons. The highest BCUT2D eigenvalue weighted by Crippen LogP contribution is 2.26. The first kappa shape index (κ1) is 21.0. The van der Waals surface area contributed by atoms with Gasteiger partial charge in [-0.25, -0.2) is 0 Å². The molecule has 6 nitrogen and oxygen atoms in total. The van der Waals surface area contributed by atoms with Gasteiger partial charge in [0.15, 0.2) is 4.34 Å². The fraction of sp³-hybridized carbons (Fsp3) is 0.238. The molecule has 0 aliphatic heterocycles. The van der Waals surface area contributed by atoms with Gasteiger partial charge in [-0.2, -0.15) is 0 Å². The van der Waals surface area contributed by atoms with Crippen LogP contribution in [-0.2, 0) is 16.0 Å². The minimum Gasteiger partial charge on any atom is -0.325 e. The molecular formula is C21H22N4O2S2. The van der Waals surface area contributed by atoms with Gasteiger partial charge in [0.25, 0.3) is 0 Å². The van der Waals surface area contributed by atoms with E-state index in [2.05, 4.69) is 20.8 Å². The summed E-state index contributed by atoms with van der Waals surface area (Å²) in [6, 6.07) is 15.8. The highest BCUT2D eigenvalue weighted by atomic mass is 32.2. The van der Waals surface area contributed by atoms with E-state index in [0.717, 1.165) is 22.4 Å². The van der Waals surface area contributed by atoms with Crippen molar-refractivity contribution in [1.82, 2.24) is 10.2 Å². The van der Waals surface area contributed by atoms with Crippen LogP contribution in [0.4, 0.5) is 10.8 Å². The largest absolute Gasteiger partial charge is 0.325 e. The van der Waals surface area contributed by atoms with E-state index in [0.29, 0.717) is 22.3 Å². The van der Waals surface area contributed by atoms with Crippen molar-refractivity contribution >= 4 is 45.7 Å². The number of hydrogen-bond acceptors (Lipinski definition) is 6. The van der Waals surface area contributed by atoms with E-state index >= 15 is 0 Å². The number of amides is 2. The lowest BCUT2D eigenvalue weighted by atomic mass is 10.1. The topological polar surface area (TPSA) is 84.0 Å². The van der Waals surface area contributed by atoms with E-state index in [-0.39, 0.29) is 17.6 Å². The molecule has 0 unspecified atom stereocenters. The van der Waals surface area contributed by atoms with Crippen LogP contribution in [0.25, 0.3) is 0 Å². The van der Waals surface area contributed by atoms with E-state index in [1.54, 1.807) is 0 Å². The standard InChI is InChI=1S/C21H22N4O2S2/c1-14-8-10-17(15(2)12-14)22-19(27)13-28-21-25-24-20(29-21)23-18(26)11-9-16-6-4-3-5-7-16/h3-8,10,12H,9,11,13H2,1-2H3,(H,22,27)(H,23,24,26). The number of rotatable bonds is 8. The van der Waals surface area contributed by atoms with Crippen molar-refractivity contribution in [3.63, 3.8) is 0 Å². The molecule has 150 valence electrons. The third-order valence-electron chi connectivity index (χ3n) is 4.12. The number of anilines is 2. The van der Waals surface area contributed by atoms with Gasteiger partial charge in [-0.05, 0) is 37.5 Å². The molecule has 2 amide bonds. The first-order valence-corrected chi connectivity index (χ1v) is 11.0. The highest BCUT2D eigenvalue weighted by molar-refractivity contribution is 8.01. The quantitative estimate of drug-likeness (QED) is 0.410. The van der Waals surface area contributed by atoms with E-state index in [1.165, 1.54) is 23.1 Å². The molecule has 0 atom stereocenters. The number of carbonyl (C=O) groups excluding carboxylic acids is 2. The molecule has 1 heterocycles. The van der Waals surface area contributed by atoms with Crippen LogP contribution in [0.2, 0.25) is 0 Å². The van der Waals surface area contributed by atoms with E-state index in [1.807, 2.05) is 62.4 Å². The van der Waals surface area contributed by atoms with Crippen molar-refractivity contribution in [3.05, 3.63) is 65.2 Å². The van der Waals surface area contributed by atoms with Crippen LogP contribution in [0.15, 0.2) is 52.9 Å². The molecule has 0 saturated heterocycles. The summed E-state index contributed by atoms with van der Waals surface area (Å²) in [5.41, 5.74) is 4.11. The Kier molecular flexibility index (Phi) is 7.37. The number of aromatic nitrogens is 2. The second-order valence-electron chi connectivity index (χ2n) is 6.56. The Morgan fingerprint density at radius 3 is 2.55 bits per heavy atom. The average molecular weight is 427 g/mol. The minimum atomic E-state index is -0.106. The maximum absolute atomic E-state index is 12.2. The molecule has 3 aromatic rings. The van der Waals surface area contributed by atoms with Crippen molar-refractivity contribution in [2.24, 2.45) is 0 Å². The van der Waals surface area contributed by atoms with Gasteiger partial charge in [0.1, 0.15) is 0 Å². The van der Waals surface area contributed by atoms with Gasteiger partial charge in [0.05, 0.1) is 5.75 Å². The van der Waals surface area contributed by atoms with Crippen LogP contribution in [0.3, 0.4) is 0 Å². The van der Waals surface area contributed by atoms with Gasteiger partial charge in [0.2, 0.25) is 16.9 Å². The summed E-state index contributed by atoms with van der Waals surface area (Å²) >= 11 is 2.56. The molecule has 1 aromatic heterocycles. The molecule has 0 bridgehead atoms. The number of benzene rings is 2. The first-order chi connectivity index (χ1) is 14.0. The van der Waals surface area contributed by atoms with Gasteiger partial charge >= 0.3 is 0 Å². The molecule has 0 aliphatic rings. The Hall–Kier alpha value is -2.71. The zero-order chi connectivity index (χ0) is 20.6. The number of hydrogen-bond donors (Lipinski definition) is 2. The van der Waals surface area contributed by atoms with Crippen LogP contribution >= 0.6 is 23.1 Å². The molecule has 8 heteroatoms. The van der Waals surface area contributed by atoms with Gasteiger partial charge in [0, 0.05) is 12.1 Å². The summed E-state index contributed by atoms with van der Waals surface area (Å²) < 4.78 is 0.638.